The predicted molar refractivity (Wildman–Crippen MR) is 155 cm³/mol. The number of aryl methyl sites for hydroxylation is 1. The molecule has 8 nitrogen and oxygen atoms in total. The van der Waals surface area contributed by atoms with Crippen molar-refractivity contribution in [1.82, 2.24) is 18.9 Å². The number of hydrogen-bond donors (Lipinski definition) is 0. The van der Waals surface area contributed by atoms with Gasteiger partial charge in [-0.15, -0.1) is 0 Å². The molecule has 7 rings (SSSR count). The summed E-state index contributed by atoms with van der Waals surface area (Å²) in [5.41, 5.74) is 3.47. The molecule has 0 bridgehead atoms. The van der Waals surface area contributed by atoms with Crippen LogP contribution in [0.15, 0.2) is 86.9 Å². The zero-order valence-corrected chi connectivity index (χ0v) is 23.2. The van der Waals surface area contributed by atoms with Crippen molar-refractivity contribution in [1.29, 1.82) is 0 Å². The Kier molecular flexibility index (Phi) is 5.67. The van der Waals surface area contributed by atoms with Crippen molar-refractivity contribution in [3.05, 3.63) is 115 Å². The Morgan fingerprint density at radius 2 is 1.69 bits per heavy atom. The SMILES string of the molecule is Cc1c2c(=O)n(-c3nc4ccccc4s3)n(Cc3ccc(Br)cc3)c2cc(=O)n1Cc1ccc2c(c1)OCO2. The lowest BCUT2D eigenvalue weighted by Crippen LogP contribution is -2.23. The molecule has 1 aliphatic rings. The molecule has 0 amide bonds. The second kappa shape index (κ2) is 9.25. The molecule has 10 heteroatoms. The van der Waals surface area contributed by atoms with Crippen LogP contribution >= 0.6 is 27.3 Å². The van der Waals surface area contributed by atoms with Gasteiger partial charge < -0.3 is 14.0 Å². The summed E-state index contributed by atoms with van der Waals surface area (Å²) >= 11 is 4.93. The Bertz CT molecular complexity index is 1990. The molecule has 39 heavy (non-hydrogen) atoms. The average molecular weight is 601 g/mol. The number of benzene rings is 3. The van der Waals surface area contributed by atoms with Crippen molar-refractivity contribution in [3.8, 4) is 16.6 Å². The lowest BCUT2D eigenvalue weighted by molar-refractivity contribution is 0.174. The van der Waals surface area contributed by atoms with Crippen molar-refractivity contribution >= 4 is 48.4 Å². The molecule has 194 valence electrons. The predicted octanol–water partition coefficient (Wildman–Crippen LogP) is 5.46. The van der Waals surface area contributed by atoms with Gasteiger partial charge in [0.15, 0.2) is 11.5 Å². The quantitative estimate of drug-likeness (QED) is 0.262. The number of para-hydroxylation sites is 1. The molecule has 0 spiro atoms. The Morgan fingerprint density at radius 3 is 2.51 bits per heavy atom. The van der Waals surface area contributed by atoms with Crippen LogP contribution in [0, 0.1) is 6.92 Å². The third-order valence-electron chi connectivity index (χ3n) is 6.96. The summed E-state index contributed by atoms with van der Waals surface area (Å²) in [5.74, 6) is 1.33. The minimum atomic E-state index is -0.210. The number of hydrogen-bond acceptors (Lipinski definition) is 6. The van der Waals surface area contributed by atoms with Gasteiger partial charge in [0.05, 0.1) is 34.2 Å². The van der Waals surface area contributed by atoms with E-state index in [0.717, 1.165) is 25.8 Å². The van der Waals surface area contributed by atoms with Gasteiger partial charge in [-0.3, -0.25) is 14.3 Å². The van der Waals surface area contributed by atoms with E-state index in [4.69, 9.17) is 14.5 Å². The Morgan fingerprint density at radius 1 is 0.923 bits per heavy atom. The van der Waals surface area contributed by atoms with Crippen LogP contribution in [0.4, 0.5) is 0 Å². The highest BCUT2D eigenvalue weighted by atomic mass is 79.9. The molecular formula is C29H21BrN4O4S. The number of pyridine rings is 1. The summed E-state index contributed by atoms with van der Waals surface area (Å²) in [7, 11) is 0. The monoisotopic (exact) mass is 600 g/mol. The van der Waals surface area contributed by atoms with Crippen LogP contribution in [0.3, 0.4) is 0 Å². The van der Waals surface area contributed by atoms with E-state index in [1.54, 1.807) is 15.3 Å². The van der Waals surface area contributed by atoms with E-state index in [-0.39, 0.29) is 17.9 Å². The molecule has 0 aliphatic carbocycles. The smallest absolute Gasteiger partial charge is 0.283 e. The third kappa shape index (κ3) is 4.07. The maximum atomic E-state index is 14.1. The van der Waals surface area contributed by atoms with Crippen LogP contribution in [0.25, 0.3) is 26.3 Å². The normalized spacial score (nSPS) is 12.6. The van der Waals surface area contributed by atoms with Gasteiger partial charge in [-0.1, -0.05) is 57.6 Å². The summed E-state index contributed by atoms with van der Waals surface area (Å²) in [4.78, 5) is 32.4. The topological polar surface area (TPSA) is 80.3 Å². The van der Waals surface area contributed by atoms with Crippen LogP contribution in [0.1, 0.15) is 16.8 Å². The number of rotatable bonds is 5. The van der Waals surface area contributed by atoms with Gasteiger partial charge in [0, 0.05) is 16.2 Å². The number of halogens is 1. The number of fused-ring (bicyclic) bond motifs is 3. The van der Waals surface area contributed by atoms with E-state index >= 15 is 0 Å². The lowest BCUT2D eigenvalue weighted by atomic mass is 10.1. The molecule has 0 unspecified atom stereocenters. The van der Waals surface area contributed by atoms with Gasteiger partial charge in [0.2, 0.25) is 11.9 Å². The van der Waals surface area contributed by atoms with Gasteiger partial charge in [0.25, 0.3) is 11.1 Å². The van der Waals surface area contributed by atoms with Crippen molar-refractivity contribution < 1.29 is 9.47 Å². The van der Waals surface area contributed by atoms with Gasteiger partial charge in [-0.2, -0.15) is 4.68 Å². The van der Waals surface area contributed by atoms with Crippen molar-refractivity contribution in [3.63, 3.8) is 0 Å². The molecule has 0 radical (unpaired) electrons. The van der Waals surface area contributed by atoms with E-state index in [9.17, 15) is 9.59 Å². The molecule has 0 saturated heterocycles. The number of ether oxygens (including phenoxy) is 2. The van der Waals surface area contributed by atoms with E-state index < -0.39 is 0 Å². The number of nitrogens with zero attached hydrogens (tertiary/aromatic N) is 4. The molecule has 6 aromatic rings. The van der Waals surface area contributed by atoms with Gasteiger partial charge in [-0.05, 0) is 54.4 Å². The minimum Gasteiger partial charge on any atom is -0.454 e. The van der Waals surface area contributed by atoms with E-state index in [0.29, 0.717) is 46.3 Å². The fourth-order valence-corrected chi connectivity index (χ4v) is 6.26. The molecule has 1 aliphatic heterocycles. The first kappa shape index (κ1) is 23.9. The highest BCUT2D eigenvalue weighted by Crippen LogP contribution is 2.33. The Hall–Kier alpha value is -4.15. The summed E-state index contributed by atoms with van der Waals surface area (Å²) in [6, 6.07) is 22.9. The second-order valence-corrected chi connectivity index (χ2v) is 11.3. The lowest BCUT2D eigenvalue weighted by Gasteiger charge is -2.13. The van der Waals surface area contributed by atoms with Crippen LogP contribution in [-0.4, -0.2) is 25.7 Å². The molecule has 3 aromatic carbocycles. The van der Waals surface area contributed by atoms with Crippen LogP contribution < -0.4 is 20.6 Å². The summed E-state index contributed by atoms with van der Waals surface area (Å²) in [5, 5.41) is 1.05. The van der Waals surface area contributed by atoms with Crippen molar-refractivity contribution in [2.45, 2.75) is 20.0 Å². The number of thiazole rings is 1. The Labute approximate surface area is 234 Å². The molecule has 0 atom stereocenters. The van der Waals surface area contributed by atoms with Gasteiger partial charge in [-0.25, -0.2) is 4.98 Å². The summed E-state index contributed by atoms with van der Waals surface area (Å²) in [6.07, 6.45) is 0. The second-order valence-electron chi connectivity index (χ2n) is 9.37. The zero-order chi connectivity index (χ0) is 26.7. The summed E-state index contributed by atoms with van der Waals surface area (Å²) in [6.45, 7) is 2.70. The van der Waals surface area contributed by atoms with Crippen LogP contribution in [0.5, 0.6) is 11.5 Å². The van der Waals surface area contributed by atoms with Crippen LogP contribution in [-0.2, 0) is 13.1 Å². The molecule has 0 fully saturated rings. The summed E-state index contributed by atoms with van der Waals surface area (Å²) < 4.78 is 18.0. The number of aromatic nitrogens is 4. The average Bonchev–Trinajstić information content (AvgIpc) is 3.63. The van der Waals surface area contributed by atoms with Gasteiger partial charge >= 0.3 is 0 Å². The largest absolute Gasteiger partial charge is 0.454 e. The fourth-order valence-electron chi connectivity index (χ4n) is 5.02. The first-order chi connectivity index (χ1) is 19.0. The van der Waals surface area contributed by atoms with E-state index in [1.807, 2.05) is 78.3 Å². The van der Waals surface area contributed by atoms with E-state index in [1.165, 1.54) is 11.3 Å². The molecule has 3 aromatic heterocycles. The van der Waals surface area contributed by atoms with Crippen molar-refractivity contribution in [2.24, 2.45) is 0 Å². The Balaban J connectivity index is 1.43. The maximum absolute atomic E-state index is 14.1. The standard InChI is InChI=1S/C29H21BrN4O4S/c1-17-27-22(13-26(35)32(17)14-19-8-11-23-24(12-19)38-16-37-23)33(15-18-6-9-20(30)10-7-18)34(28(27)36)29-31-21-4-2-3-5-25(21)39-29/h2-13H,14-16H2,1H3. The zero-order valence-electron chi connectivity index (χ0n) is 20.8. The first-order valence-electron chi connectivity index (χ1n) is 12.3. The molecule has 0 N–H and O–H groups in total. The van der Waals surface area contributed by atoms with E-state index in [2.05, 4.69) is 15.9 Å². The molecule has 0 saturated carbocycles. The highest BCUT2D eigenvalue weighted by Gasteiger charge is 2.23. The van der Waals surface area contributed by atoms with Crippen molar-refractivity contribution in [2.75, 3.05) is 6.79 Å². The minimum absolute atomic E-state index is 0.181. The van der Waals surface area contributed by atoms with Crippen LogP contribution in [0.2, 0.25) is 0 Å². The maximum Gasteiger partial charge on any atom is 0.283 e. The third-order valence-corrected chi connectivity index (χ3v) is 8.50. The fraction of sp³-hybridized carbons (Fsp3) is 0.138. The van der Waals surface area contributed by atoms with Gasteiger partial charge in [0.1, 0.15) is 0 Å². The molecular weight excluding hydrogens is 580 g/mol. The molecule has 4 heterocycles. The first-order valence-corrected chi connectivity index (χ1v) is 13.9. The highest BCUT2D eigenvalue weighted by molar-refractivity contribution is 9.10.